The van der Waals surface area contributed by atoms with Gasteiger partial charge in [0.15, 0.2) is 0 Å². The van der Waals surface area contributed by atoms with Gasteiger partial charge < -0.3 is 15.2 Å². The molecule has 21 heavy (non-hydrogen) atoms. The molecule has 0 aliphatic carbocycles. The minimum atomic E-state index is -5.08. The molecule has 114 valence electrons. The van der Waals surface area contributed by atoms with Crippen LogP contribution in [-0.2, 0) is 4.79 Å². The molecular weight excluding hydrogens is 296 g/mol. The van der Waals surface area contributed by atoms with Crippen LogP contribution in [0.3, 0.4) is 0 Å². The van der Waals surface area contributed by atoms with Gasteiger partial charge in [-0.05, 0) is 12.1 Å². The number of halogens is 4. The van der Waals surface area contributed by atoms with Gasteiger partial charge in [0.2, 0.25) is 0 Å². The van der Waals surface area contributed by atoms with Crippen molar-refractivity contribution < 1.29 is 32.2 Å². The second-order valence-electron chi connectivity index (χ2n) is 3.99. The molecule has 1 aromatic carbocycles. The van der Waals surface area contributed by atoms with E-state index >= 15 is 0 Å². The van der Waals surface area contributed by atoms with E-state index in [1.54, 1.807) is 6.07 Å². The van der Waals surface area contributed by atoms with Crippen molar-refractivity contribution >= 4 is 5.97 Å². The molecule has 0 spiro atoms. The van der Waals surface area contributed by atoms with Gasteiger partial charge in [-0.15, -0.1) is 0 Å². The van der Waals surface area contributed by atoms with E-state index in [0.717, 1.165) is 13.1 Å². The Labute approximate surface area is 116 Å². The lowest BCUT2D eigenvalue weighted by Crippen LogP contribution is -2.50. The van der Waals surface area contributed by atoms with Crippen molar-refractivity contribution in [2.75, 3.05) is 13.1 Å². The molecule has 0 atom stereocenters. The second-order valence-corrected chi connectivity index (χ2v) is 3.99. The third-order valence-electron chi connectivity index (χ3n) is 2.29. The summed E-state index contributed by atoms with van der Waals surface area (Å²) in [6.07, 6.45) is -4.98. The van der Waals surface area contributed by atoms with Crippen molar-refractivity contribution in [1.82, 2.24) is 5.32 Å². The molecule has 2 N–H and O–H groups in total. The van der Waals surface area contributed by atoms with E-state index in [-0.39, 0.29) is 11.7 Å². The molecule has 1 saturated heterocycles. The second kappa shape index (κ2) is 6.90. The topological polar surface area (TPSA) is 82.3 Å². The summed E-state index contributed by atoms with van der Waals surface area (Å²) >= 11 is 0. The van der Waals surface area contributed by atoms with Gasteiger partial charge in [0.25, 0.3) is 0 Å². The van der Waals surface area contributed by atoms with E-state index in [2.05, 4.69) is 5.32 Å². The van der Waals surface area contributed by atoms with Crippen molar-refractivity contribution in [1.29, 1.82) is 5.26 Å². The molecule has 1 fully saturated rings. The van der Waals surface area contributed by atoms with E-state index in [1.807, 2.05) is 6.07 Å². The molecule has 9 heteroatoms. The minimum Gasteiger partial charge on any atom is -0.488 e. The smallest absolute Gasteiger partial charge is 0.488 e. The highest BCUT2D eigenvalue weighted by Gasteiger charge is 2.38. The maximum absolute atomic E-state index is 12.9. The Morgan fingerprint density at radius 1 is 1.38 bits per heavy atom. The third-order valence-corrected chi connectivity index (χ3v) is 2.29. The van der Waals surface area contributed by atoms with E-state index < -0.39 is 18.0 Å². The normalized spacial score (nSPS) is 14.2. The Morgan fingerprint density at radius 3 is 2.33 bits per heavy atom. The Kier molecular flexibility index (Phi) is 5.49. The highest BCUT2D eigenvalue weighted by Crippen LogP contribution is 2.18. The molecular formula is C12H10F4N2O3. The van der Waals surface area contributed by atoms with Crippen LogP contribution in [0.1, 0.15) is 5.56 Å². The van der Waals surface area contributed by atoms with Crippen LogP contribution in [0.25, 0.3) is 0 Å². The summed E-state index contributed by atoms with van der Waals surface area (Å²) < 4.78 is 50.1. The first kappa shape index (κ1) is 16.7. The fourth-order valence-corrected chi connectivity index (χ4v) is 1.23. The number of carboxylic acid groups (broad SMARTS) is 1. The first-order valence-electron chi connectivity index (χ1n) is 5.60. The third kappa shape index (κ3) is 5.66. The Balaban J connectivity index is 0.000000270. The average Bonchev–Trinajstić information content (AvgIpc) is 2.33. The van der Waals surface area contributed by atoms with Crippen LogP contribution in [0.4, 0.5) is 17.6 Å². The zero-order chi connectivity index (χ0) is 16.0. The highest BCUT2D eigenvalue weighted by molar-refractivity contribution is 5.73. The maximum Gasteiger partial charge on any atom is 0.490 e. The molecule has 0 aromatic heterocycles. The van der Waals surface area contributed by atoms with Gasteiger partial charge in [-0.2, -0.15) is 18.4 Å². The fourth-order valence-electron chi connectivity index (χ4n) is 1.23. The number of benzene rings is 1. The van der Waals surface area contributed by atoms with Crippen LogP contribution in [0.15, 0.2) is 18.2 Å². The summed E-state index contributed by atoms with van der Waals surface area (Å²) in [7, 11) is 0. The Bertz CT molecular complexity index is 550. The van der Waals surface area contributed by atoms with Crippen LogP contribution in [0.2, 0.25) is 0 Å². The number of hydrogen-bond acceptors (Lipinski definition) is 4. The van der Waals surface area contributed by atoms with Crippen molar-refractivity contribution in [3.05, 3.63) is 29.6 Å². The van der Waals surface area contributed by atoms with Crippen LogP contribution in [-0.4, -0.2) is 36.4 Å². The monoisotopic (exact) mass is 306 g/mol. The largest absolute Gasteiger partial charge is 0.490 e. The van der Waals surface area contributed by atoms with Crippen LogP contribution >= 0.6 is 0 Å². The van der Waals surface area contributed by atoms with Gasteiger partial charge in [0.05, 0.1) is 11.6 Å². The SMILES string of the molecule is N#Cc1cc(F)cc(OC2CNC2)c1.O=C(O)C(F)(F)F. The zero-order valence-corrected chi connectivity index (χ0v) is 10.4. The number of carboxylic acids is 1. The van der Waals surface area contributed by atoms with Gasteiger partial charge in [0, 0.05) is 19.2 Å². The van der Waals surface area contributed by atoms with Crippen molar-refractivity contribution in [2.45, 2.75) is 12.3 Å². The Hall–Kier alpha value is -2.34. The number of hydrogen-bond donors (Lipinski definition) is 2. The van der Waals surface area contributed by atoms with Crippen molar-refractivity contribution in [2.24, 2.45) is 0 Å². The fraction of sp³-hybridized carbons (Fsp3) is 0.333. The predicted octanol–water partition coefficient (Wildman–Crippen LogP) is 1.68. The molecule has 0 unspecified atom stereocenters. The number of nitrogens with zero attached hydrogens (tertiary/aromatic N) is 1. The quantitative estimate of drug-likeness (QED) is 0.812. The summed E-state index contributed by atoms with van der Waals surface area (Å²) in [5.74, 6) is -2.77. The Morgan fingerprint density at radius 2 is 1.95 bits per heavy atom. The van der Waals surface area contributed by atoms with Crippen LogP contribution < -0.4 is 10.1 Å². The number of rotatable bonds is 2. The minimum absolute atomic E-state index is 0.100. The summed E-state index contributed by atoms with van der Waals surface area (Å²) in [5.41, 5.74) is 0.285. The van der Waals surface area contributed by atoms with Gasteiger partial charge in [-0.1, -0.05) is 0 Å². The van der Waals surface area contributed by atoms with E-state index in [1.165, 1.54) is 12.1 Å². The summed E-state index contributed by atoms with van der Waals surface area (Å²) in [5, 5.41) is 18.8. The summed E-state index contributed by atoms with van der Waals surface area (Å²) in [6, 6.07) is 5.90. The number of ether oxygens (including phenoxy) is 1. The number of carbonyl (C=O) groups is 1. The van der Waals surface area contributed by atoms with Gasteiger partial charge in [0.1, 0.15) is 17.7 Å². The molecule has 1 heterocycles. The molecule has 0 saturated carbocycles. The van der Waals surface area contributed by atoms with Crippen LogP contribution in [0, 0.1) is 17.1 Å². The number of nitriles is 1. The van der Waals surface area contributed by atoms with E-state index in [4.69, 9.17) is 19.9 Å². The van der Waals surface area contributed by atoms with Gasteiger partial charge in [-0.25, -0.2) is 9.18 Å². The molecule has 2 rings (SSSR count). The summed E-state index contributed by atoms with van der Waals surface area (Å²) in [4.78, 5) is 8.90. The summed E-state index contributed by atoms with van der Waals surface area (Å²) in [6.45, 7) is 1.55. The lowest BCUT2D eigenvalue weighted by Gasteiger charge is -2.27. The first-order valence-corrected chi connectivity index (χ1v) is 5.60. The number of nitrogens with one attached hydrogen (secondary N) is 1. The molecule has 0 amide bonds. The molecule has 1 aliphatic heterocycles. The number of alkyl halides is 3. The van der Waals surface area contributed by atoms with E-state index in [0.29, 0.717) is 5.75 Å². The lowest BCUT2D eigenvalue weighted by molar-refractivity contribution is -0.192. The molecule has 5 nitrogen and oxygen atoms in total. The highest BCUT2D eigenvalue weighted by atomic mass is 19.4. The lowest BCUT2D eigenvalue weighted by atomic mass is 10.2. The maximum atomic E-state index is 12.9. The molecule has 0 radical (unpaired) electrons. The molecule has 1 aromatic rings. The van der Waals surface area contributed by atoms with Crippen LogP contribution in [0.5, 0.6) is 5.75 Å². The standard InChI is InChI=1S/C10H9FN2O.C2HF3O2/c11-8-1-7(4-12)2-9(3-8)14-10-5-13-6-10;3-2(4,5)1(6)7/h1-3,10,13H,5-6H2;(H,6,7). The predicted molar refractivity (Wildman–Crippen MR) is 62.1 cm³/mol. The van der Waals surface area contributed by atoms with Crippen molar-refractivity contribution in [3.63, 3.8) is 0 Å². The molecule has 1 aliphatic rings. The van der Waals surface area contributed by atoms with Gasteiger partial charge in [-0.3, -0.25) is 0 Å². The first-order chi connectivity index (χ1) is 9.72. The zero-order valence-electron chi connectivity index (χ0n) is 10.4. The van der Waals surface area contributed by atoms with Crippen molar-refractivity contribution in [3.8, 4) is 11.8 Å². The molecule has 0 bridgehead atoms. The average molecular weight is 306 g/mol. The van der Waals surface area contributed by atoms with E-state index in [9.17, 15) is 17.6 Å². The van der Waals surface area contributed by atoms with Gasteiger partial charge >= 0.3 is 12.1 Å². The number of aliphatic carboxylic acids is 1.